The lowest BCUT2D eigenvalue weighted by molar-refractivity contribution is -0.0517. The first-order valence-electron chi connectivity index (χ1n) is 9.85. The second-order valence-electron chi connectivity index (χ2n) is 6.69. The van der Waals surface area contributed by atoms with Gasteiger partial charge in [-0.1, -0.05) is 66.7 Å². The molecule has 4 rings (SSSR count). The van der Waals surface area contributed by atoms with E-state index in [0.29, 0.717) is 0 Å². The number of alkyl halides is 3. The zero-order valence-electron chi connectivity index (χ0n) is 17.6. The van der Waals surface area contributed by atoms with Gasteiger partial charge in [-0.15, -0.1) is 0 Å². The van der Waals surface area contributed by atoms with Gasteiger partial charge in [0.05, 0.1) is 0 Å². The van der Waals surface area contributed by atoms with Crippen molar-refractivity contribution in [3.8, 4) is 11.5 Å². The Morgan fingerprint density at radius 1 is 0.647 bits per heavy atom. The molecule has 4 nitrogen and oxygen atoms in total. The highest BCUT2D eigenvalue weighted by molar-refractivity contribution is 7.97. The van der Waals surface area contributed by atoms with Crippen molar-refractivity contribution in [2.45, 2.75) is 20.2 Å². The molecule has 0 unspecified atom stereocenters. The van der Waals surface area contributed by atoms with Crippen molar-refractivity contribution in [1.82, 2.24) is 0 Å². The van der Waals surface area contributed by atoms with Gasteiger partial charge in [0.2, 0.25) is 4.90 Å². The summed E-state index contributed by atoms with van der Waals surface area (Å²) < 4.78 is 65.1. The molecule has 0 atom stereocenters. The normalized spacial score (nSPS) is 11.4. The van der Waals surface area contributed by atoms with Crippen molar-refractivity contribution in [2.75, 3.05) is 0 Å². The maximum atomic E-state index is 10.7. The van der Waals surface area contributed by atoms with Crippen LogP contribution < -0.4 is 4.74 Å². The number of hydrogen-bond acceptors (Lipinski definition) is 4. The maximum Gasteiger partial charge on any atom is 0.485 e. The molecule has 0 amide bonds. The number of benzene rings is 4. The number of para-hydroxylation sites is 2. The molecule has 4 aromatic rings. The smallest absolute Gasteiger partial charge is 0.485 e. The summed E-state index contributed by atoms with van der Waals surface area (Å²) in [4.78, 5) is 3.75. The third-order valence-electron chi connectivity index (χ3n) is 4.28. The number of ether oxygens (including phenoxy) is 1. The van der Waals surface area contributed by atoms with E-state index in [4.69, 9.17) is 17.7 Å². The Morgan fingerprint density at radius 3 is 1.47 bits per heavy atom. The minimum atomic E-state index is -6.09. The van der Waals surface area contributed by atoms with Gasteiger partial charge < -0.3 is 9.29 Å². The molecule has 176 valence electrons. The van der Waals surface area contributed by atoms with Crippen molar-refractivity contribution in [3.63, 3.8) is 0 Å². The number of halogens is 3. The molecule has 0 heterocycles. The zero-order valence-corrected chi connectivity index (χ0v) is 19.2. The van der Waals surface area contributed by atoms with Crippen LogP contribution in [0.2, 0.25) is 0 Å². The van der Waals surface area contributed by atoms with Gasteiger partial charge in [-0.05, 0) is 48.5 Å². The summed E-state index contributed by atoms with van der Waals surface area (Å²) in [6.07, 6.45) is 0. The van der Waals surface area contributed by atoms with Crippen LogP contribution in [0.5, 0.6) is 11.5 Å². The van der Waals surface area contributed by atoms with E-state index in [1.807, 2.05) is 42.5 Å². The topological polar surface area (TPSA) is 66.4 Å². The molecular formula is C25H19F3O4S2. The number of hydrogen-bond donors (Lipinski definition) is 0. The quantitative estimate of drug-likeness (QED) is 0.174. The predicted molar refractivity (Wildman–Crippen MR) is 124 cm³/mol. The summed E-state index contributed by atoms with van der Waals surface area (Å²) in [6, 6.07) is 39.5. The first-order valence-corrected chi connectivity index (χ1v) is 12.5. The van der Waals surface area contributed by atoms with Crippen LogP contribution in [-0.2, 0) is 21.0 Å². The summed E-state index contributed by atoms with van der Waals surface area (Å²) in [5.41, 5.74) is -5.65. The van der Waals surface area contributed by atoms with E-state index < -0.39 is 15.6 Å². The number of rotatable bonds is 5. The fourth-order valence-corrected chi connectivity index (χ4v) is 4.99. The molecule has 0 aliphatic rings. The highest BCUT2D eigenvalue weighted by Gasteiger charge is 2.37. The molecule has 34 heavy (non-hydrogen) atoms. The van der Waals surface area contributed by atoms with E-state index >= 15 is 0 Å². The molecular weight excluding hydrogens is 485 g/mol. The van der Waals surface area contributed by atoms with Gasteiger partial charge in [0.15, 0.2) is 25.7 Å². The Morgan fingerprint density at radius 2 is 1.03 bits per heavy atom. The van der Waals surface area contributed by atoms with Gasteiger partial charge in [-0.3, -0.25) is 0 Å². The fraction of sp³-hybridized carbons (Fsp3) is 0.0400. The Hall–Kier alpha value is -3.27. The highest BCUT2D eigenvalue weighted by atomic mass is 32.2. The Bertz CT molecular complexity index is 1240. The van der Waals surface area contributed by atoms with E-state index in [1.54, 1.807) is 0 Å². The molecule has 4 aromatic carbocycles. The SMILES string of the molecule is O=S(=O)([O-])C(F)(F)F.c1ccc(Oc2ccccc2[S+](c2ccccc2)c2ccccc2)cc1. The average Bonchev–Trinajstić information content (AvgIpc) is 2.82. The second kappa shape index (κ2) is 11.2. The van der Waals surface area contributed by atoms with Crippen LogP contribution in [0.15, 0.2) is 130 Å². The molecule has 0 aromatic heterocycles. The van der Waals surface area contributed by atoms with Crippen molar-refractivity contribution >= 4 is 21.0 Å². The van der Waals surface area contributed by atoms with Crippen LogP contribution in [0, 0.1) is 0 Å². The third-order valence-corrected chi connectivity index (χ3v) is 7.11. The van der Waals surface area contributed by atoms with E-state index in [9.17, 15) is 13.2 Å². The second-order valence-corrected chi connectivity index (χ2v) is 10.1. The van der Waals surface area contributed by atoms with Gasteiger partial charge in [0, 0.05) is 0 Å². The third kappa shape index (κ3) is 6.86. The molecule has 0 radical (unpaired) electrons. The molecule has 0 aliphatic heterocycles. The van der Waals surface area contributed by atoms with Gasteiger partial charge in [0.1, 0.15) is 16.6 Å². The largest absolute Gasteiger partial charge is 0.741 e. The average molecular weight is 505 g/mol. The Labute approximate surface area is 198 Å². The van der Waals surface area contributed by atoms with Crippen LogP contribution in [-0.4, -0.2) is 18.5 Å². The molecule has 0 fully saturated rings. The van der Waals surface area contributed by atoms with Crippen LogP contribution >= 0.6 is 0 Å². The summed E-state index contributed by atoms with van der Waals surface area (Å²) in [7, 11) is -6.32. The first kappa shape index (κ1) is 25.4. The van der Waals surface area contributed by atoms with E-state index in [1.165, 1.54) is 14.7 Å². The zero-order chi connectivity index (χ0) is 24.6. The van der Waals surface area contributed by atoms with E-state index in [-0.39, 0.29) is 10.9 Å². The fourth-order valence-electron chi connectivity index (χ4n) is 2.82. The van der Waals surface area contributed by atoms with Crippen molar-refractivity contribution in [1.29, 1.82) is 0 Å². The van der Waals surface area contributed by atoms with Crippen LogP contribution in [0.3, 0.4) is 0 Å². The lowest BCUT2D eigenvalue weighted by Crippen LogP contribution is -2.21. The van der Waals surface area contributed by atoms with Crippen LogP contribution in [0.25, 0.3) is 0 Å². The van der Waals surface area contributed by atoms with Gasteiger partial charge in [-0.25, -0.2) is 8.42 Å². The summed E-state index contributed by atoms with van der Waals surface area (Å²) in [6.45, 7) is 0. The van der Waals surface area contributed by atoms with Crippen molar-refractivity contribution in [2.24, 2.45) is 0 Å². The lowest BCUT2D eigenvalue weighted by Gasteiger charge is -2.12. The Kier molecular flexibility index (Phi) is 8.38. The van der Waals surface area contributed by atoms with Crippen LogP contribution in [0.1, 0.15) is 0 Å². The first-order chi connectivity index (χ1) is 16.2. The maximum absolute atomic E-state index is 10.7. The molecule has 9 heteroatoms. The van der Waals surface area contributed by atoms with Gasteiger partial charge in [0.25, 0.3) is 0 Å². The van der Waals surface area contributed by atoms with Gasteiger partial charge in [-0.2, -0.15) is 13.2 Å². The predicted octanol–water partition coefficient (Wildman–Crippen LogP) is 6.63. The molecule has 0 aliphatic carbocycles. The van der Waals surface area contributed by atoms with Gasteiger partial charge >= 0.3 is 5.51 Å². The monoisotopic (exact) mass is 504 g/mol. The van der Waals surface area contributed by atoms with Crippen molar-refractivity contribution < 1.29 is 30.9 Å². The minimum Gasteiger partial charge on any atom is -0.741 e. The summed E-state index contributed by atoms with van der Waals surface area (Å²) in [5.74, 6) is 1.75. The van der Waals surface area contributed by atoms with E-state index in [0.717, 1.165) is 11.5 Å². The molecule has 0 bridgehead atoms. The summed E-state index contributed by atoms with van der Waals surface area (Å²) >= 11 is 0. The lowest BCUT2D eigenvalue weighted by atomic mass is 10.3. The Balaban J connectivity index is 0.000000350. The standard InChI is InChI=1S/C24H19OS.CHF3O3S/c1-4-12-20(13-5-1)25-23-18-10-11-19-24(23)26(21-14-6-2-7-15-21)22-16-8-3-9-17-22;2-1(3,4)8(5,6)7/h1-19H;(H,5,6,7)/q+1;/p-1. The molecule has 0 saturated heterocycles. The summed E-state index contributed by atoms with van der Waals surface area (Å²) in [5, 5.41) is 0. The van der Waals surface area contributed by atoms with Crippen molar-refractivity contribution in [3.05, 3.63) is 115 Å². The molecule has 0 saturated carbocycles. The van der Waals surface area contributed by atoms with Crippen LogP contribution in [0.4, 0.5) is 13.2 Å². The molecule has 0 spiro atoms. The van der Waals surface area contributed by atoms with E-state index in [2.05, 4.69) is 72.8 Å². The highest BCUT2D eigenvalue weighted by Crippen LogP contribution is 2.38. The minimum absolute atomic E-state index is 0.225. The molecule has 0 N–H and O–H groups in total.